The van der Waals surface area contributed by atoms with Crippen molar-refractivity contribution in [2.45, 2.75) is 19.5 Å². The number of aromatic nitrogens is 2. The number of nitrogens with one attached hydrogen (secondary N) is 1. The summed E-state index contributed by atoms with van der Waals surface area (Å²) in [6, 6.07) is 9.21. The zero-order valence-corrected chi connectivity index (χ0v) is 12.5. The maximum atomic E-state index is 12.2. The van der Waals surface area contributed by atoms with Crippen molar-refractivity contribution < 1.29 is 18.0 Å². The fourth-order valence-electron chi connectivity index (χ4n) is 2.03. The Labute approximate surface area is 131 Å². The van der Waals surface area contributed by atoms with Crippen molar-refractivity contribution in [3.8, 4) is 5.69 Å². The Morgan fingerprint density at radius 2 is 1.96 bits per heavy atom. The van der Waals surface area contributed by atoms with E-state index in [1.807, 2.05) is 30.3 Å². The molecule has 0 aliphatic heterocycles. The van der Waals surface area contributed by atoms with Crippen molar-refractivity contribution in [3.05, 3.63) is 59.9 Å². The number of aryl methyl sites for hydroxylation is 1. The van der Waals surface area contributed by atoms with Crippen LogP contribution >= 0.6 is 0 Å². The summed E-state index contributed by atoms with van der Waals surface area (Å²) in [5, 5.41) is 6.60. The Bertz CT molecular complexity index is 705. The van der Waals surface area contributed by atoms with Crippen LogP contribution in [-0.4, -0.2) is 28.4 Å². The van der Waals surface area contributed by atoms with Gasteiger partial charge >= 0.3 is 6.18 Å². The van der Waals surface area contributed by atoms with Gasteiger partial charge < -0.3 is 5.32 Å². The summed E-state index contributed by atoms with van der Waals surface area (Å²) < 4.78 is 38.2. The second-order valence-corrected chi connectivity index (χ2v) is 5.17. The second-order valence-electron chi connectivity index (χ2n) is 5.17. The van der Waals surface area contributed by atoms with Gasteiger partial charge in [-0.05, 0) is 24.6 Å². The van der Waals surface area contributed by atoms with Gasteiger partial charge in [-0.1, -0.05) is 24.8 Å². The Morgan fingerprint density at radius 1 is 1.30 bits per heavy atom. The van der Waals surface area contributed by atoms with Crippen LogP contribution in [0.4, 0.5) is 13.2 Å². The van der Waals surface area contributed by atoms with E-state index in [1.54, 1.807) is 17.8 Å². The van der Waals surface area contributed by atoms with Crippen molar-refractivity contribution in [1.29, 1.82) is 0 Å². The first kappa shape index (κ1) is 16.8. The van der Waals surface area contributed by atoms with Gasteiger partial charge in [0, 0.05) is 18.3 Å². The summed E-state index contributed by atoms with van der Waals surface area (Å²) in [6.07, 6.45) is -3.76. The van der Waals surface area contributed by atoms with Crippen LogP contribution in [0.2, 0.25) is 0 Å². The summed E-state index contributed by atoms with van der Waals surface area (Å²) >= 11 is 0. The molecule has 1 heterocycles. The summed E-state index contributed by atoms with van der Waals surface area (Å²) in [5.74, 6) is -0.527. The minimum Gasteiger partial charge on any atom is -0.347 e. The lowest BCUT2D eigenvalue weighted by atomic mass is 10.2. The van der Waals surface area contributed by atoms with Gasteiger partial charge in [0.25, 0.3) is 5.91 Å². The van der Waals surface area contributed by atoms with Gasteiger partial charge in [-0.15, -0.1) is 0 Å². The molecule has 0 aliphatic rings. The molecule has 2 aromatic rings. The van der Waals surface area contributed by atoms with E-state index in [9.17, 15) is 18.0 Å². The molecule has 0 bridgehead atoms. The van der Waals surface area contributed by atoms with Crippen LogP contribution in [-0.2, 0) is 0 Å². The van der Waals surface area contributed by atoms with Gasteiger partial charge in [0.2, 0.25) is 0 Å². The standard InChI is InChI=1S/C16H16F3N3O/c1-11(8-16(17,18)19)9-20-15(23)14-12(2)10-22(21-14)13-6-4-3-5-7-13/h3-7,10H,1,8-9H2,2H3,(H,20,23). The largest absolute Gasteiger partial charge is 0.392 e. The molecule has 0 aliphatic carbocycles. The van der Waals surface area contributed by atoms with E-state index in [1.165, 1.54) is 0 Å². The molecule has 0 radical (unpaired) electrons. The minimum absolute atomic E-state index is 0.106. The lowest BCUT2D eigenvalue weighted by Crippen LogP contribution is -2.27. The van der Waals surface area contributed by atoms with Crippen LogP contribution in [0.5, 0.6) is 0 Å². The quantitative estimate of drug-likeness (QED) is 0.857. The third-order valence-corrected chi connectivity index (χ3v) is 3.08. The van der Waals surface area contributed by atoms with E-state index in [4.69, 9.17) is 0 Å². The van der Waals surface area contributed by atoms with Gasteiger partial charge in [-0.3, -0.25) is 4.79 Å². The number of carbonyl (C=O) groups excluding carboxylic acids is 1. The summed E-state index contributed by atoms with van der Waals surface area (Å²) in [4.78, 5) is 12.1. The Morgan fingerprint density at radius 3 is 2.57 bits per heavy atom. The number of hydrogen-bond donors (Lipinski definition) is 1. The number of nitrogens with zero attached hydrogens (tertiary/aromatic N) is 2. The Hall–Kier alpha value is -2.57. The molecule has 2 rings (SSSR count). The number of alkyl halides is 3. The van der Waals surface area contributed by atoms with E-state index in [0.29, 0.717) is 5.56 Å². The number of para-hydroxylation sites is 1. The summed E-state index contributed by atoms with van der Waals surface area (Å²) in [5.41, 5.74) is 1.49. The average molecular weight is 323 g/mol. The highest BCUT2D eigenvalue weighted by atomic mass is 19.4. The third kappa shape index (κ3) is 4.70. The molecule has 4 nitrogen and oxygen atoms in total. The molecule has 23 heavy (non-hydrogen) atoms. The number of benzene rings is 1. The number of hydrogen-bond acceptors (Lipinski definition) is 2. The van der Waals surface area contributed by atoms with Crippen LogP contribution in [0, 0.1) is 6.92 Å². The van der Waals surface area contributed by atoms with E-state index >= 15 is 0 Å². The number of rotatable bonds is 5. The Balaban J connectivity index is 2.03. The fourth-order valence-corrected chi connectivity index (χ4v) is 2.03. The van der Waals surface area contributed by atoms with Gasteiger partial charge in [0.05, 0.1) is 12.1 Å². The van der Waals surface area contributed by atoms with Crippen molar-refractivity contribution in [2.24, 2.45) is 0 Å². The minimum atomic E-state index is -4.33. The van der Waals surface area contributed by atoms with Crippen LogP contribution in [0.1, 0.15) is 22.5 Å². The van der Waals surface area contributed by atoms with Crippen LogP contribution in [0.25, 0.3) is 5.69 Å². The molecule has 0 unspecified atom stereocenters. The van der Waals surface area contributed by atoms with E-state index in [2.05, 4.69) is 17.0 Å². The van der Waals surface area contributed by atoms with Gasteiger partial charge in [-0.2, -0.15) is 18.3 Å². The lowest BCUT2D eigenvalue weighted by molar-refractivity contribution is -0.127. The van der Waals surface area contributed by atoms with Crippen LogP contribution in [0.15, 0.2) is 48.7 Å². The molecule has 122 valence electrons. The van der Waals surface area contributed by atoms with Gasteiger partial charge in [-0.25, -0.2) is 4.68 Å². The number of halogens is 3. The van der Waals surface area contributed by atoms with Gasteiger partial charge in [0.15, 0.2) is 5.69 Å². The SMILES string of the molecule is C=C(CNC(=O)c1nn(-c2ccccc2)cc1C)CC(F)(F)F. The molecular formula is C16H16F3N3O. The highest BCUT2D eigenvalue weighted by molar-refractivity contribution is 5.93. The maximum Gasteiger partial charge on any atom is 0.392 e. The lowest BCUT2D eigenvalue weighted by Gasteiger charge is -2.09. The summed E-state index contributed by atoms with van der Waals surface area (Å²) in [7, 11) is 0. The smallest absolute Gasteiger partial charge is 0.347 e. The molecular weight excluding hydrogens is 307 g/mol. The first-order valence-corrected chi connectivity index (χ1v) is 6.89. The predicted octanol–water partition coefficient (Wildman–Crippen LogP) is 3.42. The first-order chi connectivity index (χ1) is 10.8. The average Bonchev–Trinajstić information content (AvgIpc) is 2.86. The predicted molar refractivity (Wildman–Crippen MR) is 80.4 cm³/mol. The maximum absolute atomic E-state index is 12.2. The third-order valence-electron chi connectivity index (χ3n) is 3.08. The number of carbonyl (C=O) groups is 1. The van der Waals surface area contributed by atoms with E-state index < -0.39 is 18.5 Å². The number of amides is 1. The molecule has 0 fully saturated rings. The molecule has 0 saturated heterocycles. The Kier molecular flexibility index (Phi) is 4.88. The summed E-state index contributed by atoms with van der Waals surface area (Å²) in [6.45, 7) is 4.79. The molecule has 7 heteroatoms. The first-order valence-electron chi connectivity index (χ1n) is 6.89. The van der Waals surface area contributed by atoms with Crippen LogP contribution in [0.3, 0.4) is 0 Å². The topological polar surface area (TPSA) is 46.9 Å². The second kappa shape index (κ2) is 6.68. The van der Waals surface area contributed by atoms with E-state index in [0.717, 1.165) is 5.69 Å². The molecule has 1 aromatic heterocycles. The fraction of sp³-hybridized carbons (Fsp3) is 0.250. The zero-order valence-electron chi connectivity index (χ0n) is 12.5. The van der Waals surface area contributed by atoms with Crippen molar-refractivity contribution in [1.82, 2.24) is 15.1 Å². The molecule has 0 spiro atoms. The van der Waals surface area contributed by atoms with Gasteiger partial charge in [0.1, 0.15) is 0 Å². The normalized spacial score (nSPS) is 11.3. The molecule has 1 amide bonds. The van der Waals surface area contributed by atoms with Crippen molar-refractivity contribution in [3.63, 3.8) is 0 Å². The highest BCUT2D eigenvalue weighted by Crippen LogP contribution is 2.23. The van der Waals surface area contributed by atoms with Crippen LogP contribution < -0.4 is 5.32 Å². The zero-order chi connectivity index (χ0) is 17.0. The molecule has 0 atom stereocenters. The van der Waals surface area contributed by atoms with Crippen molar-refractivity contribution >= 4 is 5.91 Å². The van der Waals surface area contributed by atoms with E-state index in [-0.39, 0.29) is 17.8 Å². The monoisotopic (exact) mass is 323 g/mol. The van der Waals surface area contributed by atoms with Crippen molar-refractivity contribution in [2.75, 3.05) is 6.54 Å². The molecule has 0 saturated carbocycles. The molecule has 1 N–H and O–H groups in total. The molecule has 1 aromatic carbocycles. The highest BCUT2D eigenvalue weighted by Gasteiger charge is 2.28.